The summed E-state index contributed by atoms with van der Waals surface area (Å²) in [5.41, 5.74) is 3.46. The summed E-state index contributed by atoms with van der Waals surface area (Å²) < 4.78 is 0. The van der Waals surface area contributed by atoms with Crippen LogP contribution in [0.1, 0.15) is 18.4 Å². The van der Waals surface area contributed by atoms with Gasteiger partial charge in [0.05, 0.1) is 6.61 Å². The van der Waals surface area contributed by atoms with Crippen LogP contribution >= 0.6 is 0 Å². The highest BCUT2D eigenvalue weighted by atomic mass is 16.7. The van der Waals surface area contributed by atoms with E-state index in [2.05, 4.69) is 15.7 Å². The second kappa shape index (κ2) is 7.76. The van der Waals surface area contributed by atoms with Crippen molar-refractivity contribution in [2.24, 2.45) is 0 Å². The minimum Gasteiger partial charge on any atom is -0.332 e. The Hall–Kier alpha value is -1.59. The Morgan fingerprint density at radius 2 is 1.95 bits per heavy atom. The zero-order valence-corrected chi connectivity index (χ0v) is 11.1. The largest absolute Gasteiger partial charge is 0.338 e. The van der Waals surface area contributed by atoms with Gasteiger partial charge in [-0.1, -0.05) is 30.3 Å². The van der Waals surface area contributed by atoms with Gasteiger partial charge in [0.1, 0.15) is 0 Å². The molecule has 1 heterocycles. The molecule has 0 unspecified atom stereocenters. The summed E-state index contributed by atoms with van der Waals surface area (Å²) >= 11 is 0. The number of hydrogen-bond acceptors (Lipinski definition) is 3. The number of carbonyl (C=O) groups is 1. The molecule has 2 amide bonds. The fourth-order valence-corrected chi connectivity index (χ4v) is 2.11. The zero-order chi connectivity index (χ0) is 13.3. The van der Waals surface area contributed by atoms with Crippen molar-refractivity contribution in [3.05, 3.63) is 35.9 Å². The van der Waals surface area contributed by atoms with Crippen molar-refractivity contribution >= 4 is 6.03 Å². The Bertz CT molecular complexity index is 378. The third-order valence-electron chi connectivity index (χ3n) is 3.17. The van der Waals surface area contributed by atoms with Crippen LogP contribution < -0.4 is 10.8 Å². The van der Waals surface area contributed by atoms with Gasteiger partial charge in [0.2, 0.25) is 0 Å². The van der Waals surface area contributed by atoms with Crippen molar-refractivity contribution in [1.29, 1.82) is 0 Å². The van der Waals surface area contributed by atoms with Gasteiger partial charge in [-0.2, -0.15) is 0 Å². The minimum atomic E-state index is -0.301. The van der Waals surface area contributed by atoms with E-state index in [4.69, 9.17) is 4.84 Å². The van der Waals surface area contributed by atoms with Gasteiger partial charge >= 0.3 is 6.03 Å². The molecule has 1 saturated heterocycles. The second-order valence-electron chi connectivity index (χ2n) is 4.67. The molecular weight excluding hydrogens is 242 g/mol. The monoisotopic (exact) mass is 263 g/mol. The standard InChI is InChI=1S/C14H21N3O2/c18-14(15-12-13-6-2-1-3-7-13)16-19-11-10-17-8-4-5-9-17/h1-3,6-7H,4-5,8-12H2,(H2,15,16,18). The van der Waals surface area contributed by atoms with Crippen LogP contribution in [0.3, 0.4) is 0 Å². The molecule has 1 aliphatic heterocycles. The Morgan fingerprint density at radius 1 is 1.21 bits per heavy atom. The van der Waals surface area contributed by atoms with Crippen LogP contribution in [0.5, 0.6) is 0 Å². The molecule has 0 aromatic heterocycles. The van der Waals surface area contributed by atoms with E-state index in [9.17, 15) is 4.79 Å². The summed E-state index contributed by atoms with van der Waals surface area (Å²) in [6.45, 7) is 4.19. The predicted octanol–water partition coefficient (Wildman–Crippen LogP) is 1.51. The van der Waals surface area contributed by atoms with Gasteiger partial charge in [0.15, 0.2) is 0 Å². The average molecular weight is 263 g/mol. The number of amides is 2. The normalized spacial score (nSPS) is 15.4. The number of benzene rings is 1. The van der Waals surface area contributed by atoms with Gasteiger partial charge in [0, 0.05) is 13.1 Å². The van der Waals surface area contributed by atoms with E-state index in [1.165, 1.54) is 12.8 Å². The van der Waals surface area contributed by atoms with Gasteiger partial charge in [-0.15, -0.1) is 0 Å². The first-order valence-electron chi connectivity index (χ1n) is 6.76. The summed E-state index contributed by atoms with van der Waals surface area (Å²) in [6.07, 6.45) is 2.54. The van der Waals surface area contributed by atoms with Crippen LogP contribution in [0.15, 0.2) is 30.3 Å². The lowest BCUT2D eigenvalue weighted by Gasteiger charge is -2.14. The molecule has 0 atom stereocenters. The highest BCUT2D eigenvalue weighted by Gasteiger charge is 2.10. The summed E-state index contributed by atoms with van der Waals surface area (Å²) in [4.78, 5) is 18.9. The molecule has 2 rings (SSSR count). The molecular formula is C14H21N3O2. The molecule has 0 aliphatic carbocycles. The third kappa shape index (κ3) is 5.28. The van der Waals surface area contributed by atoms with Crippen LogP contribution in [-0.4, -0.2) is 37.2 Å². The number of likely N-dealkylation sites (tertiary alicyclic amines) is 1. The van der Waals surface area contributed by atoms with Gasteiger partial charge < -0.3 is 10.2 Å². The lowest BCUT2D eigenvalue weighted by Crippen LogP contribution is -2.37. The Labute approximate surface area is 113 Å². The van der Waals surface area contributed by atoms with Gasteiger partial charge in [-0.25, -0.2) is 10.3 Å². The van der Waals surface area contributed by atoms with E-state index in [-0.39, 0.29) is 6.03 Å². The summed E-state index contributed by atoms with van der Waals surface area (Å²) in [5.74, 6) is 0. The fourth-order valence-electron chi connectivity index (χ4n) is 2.11. The molecule has 1 aromatic carbocycles. The molecule has 5 nitrogen and oxygen atoms in total. The molecule has 0 bridgehead atoms. The number of hydroxylamine groups is 1. The van der Waals surface area contributed by atoms with E-state index in [1.54, 1.807) is 0 Å². The van der Waals surface area contributed by atoms with Gasteiger partial charge in [0.25, 0.3) is 0 Å². The smallest absolute Gasteiger partial charge is 0.332 e. The summed E-state index contributed by atoms with van der Waals surface area (Å²) in [6, 6.07) is 9.47. The maximum atomic E-state index is 11.5. The van der Waals surface area contributed by atoms with Crippen molar-refractivity contribution in [2.45, 2.75) is 19.4 Å². The number of nitrogens with zero attached hydrogens (tertiary/aromatic N) is 1. The molecule has 19 heavy (non-hydrogen) atoms. The van der Waals surface area contributed by atoms with Crippen LogP contribution in [-0.2, 0) is 11.4 Å². The number of carbonyl (C=O) groups excluding carboxylic acids is 1. The number of rotatable bonds is 6. The van der Waals surface area contributed by atoms with E-state index >= 15 is 0 Å². The van der Waals surface area contributed by atoms with Crippen molar-refractivity contribution in [2.75, 3.05) is 26.2 Å². The molecule has 1 aliphatic rings. The Kier molecular flexibility index (Phi) is 5.65. The molecule has 5 heteroatoms. The van der Waals surface area contributed by atoms with E-state index in [0.717, 1.165) is 25.2 Å². The first-order valence-corrected chi connectivity index (χ1v) is 6.76. The lowest BCUT2D eigenvalue weighted by molar-refractivity contribution is 0.0484. The SMILES string of the molecule is O=C(NCc1ccccc1)NOCCN1CCCC1. The zero-order valence-electron chi connectivity index (χ0n) is 11.1. The lowest BCUT2D eigenvalue weighted by atomic mass is 10.2. The fraction of sp³-hybridized carbons (Fsp3) is 0.500. The molecule has 104 valence electrons. The maximum Gasteiger partial charge on any atom is 0.338 e. The molecule has 0 saturated carbocycles. The number of nitrogens with one attached hydrogen (secondary N) is 2. The summed E-state index contributed by atoms with van der Waals surface area (Å²) in [7, 11) is 0. The first kappa shape index (κ1) is 13.8. The first-order chi connectivity index (χ1) is 9.34. The van der Waals surface area contributed by atoms with Crippen LogP contribution in [0.25, 0.3) is 0 Å². The highest BCUT2D eigenvalue weighted by molar-refractivity contribution is 5.72. The molecule has 0 spiro atoms. The molecule has 1 aromatic rings. The van der Waals surface area contributed by atoms with Crippen molar-refractivity contribution in [3.63, 3.8) is 0 Å². The average Bonchev–Trinajstić information content (AvgIpc) is 2.96. The Balaban J connectivity index is 1.52. The maximum absolute atomic E-state index is 11.5. The second-order valence-corrected chi connectivity index (χ2v) is 4.67. The summed E-state index contributed by atoms with van der Waals surface area (Å²) in [5, 5.41) is 2.74. The van der Waals surface area contributed by atoms with Crippen molar-refractivity contribution in [3.8, 4) is 0 Å². The van der Waals surface area contributed by atoms with E-state index in [1.807, 2.05) is 30.3 Å². The molecule has 2 N–H and O–H groups in total. The molecule has 0 radical (unpaired) electrons. The van der Waals surface area contributed by atoms with Gasteiger partial charge in [-0.05, 0) is 31.5 Å². The third-order valence-corrected chi connectivity index (χ3v) is 3.17. The topological polar surface area (TPSA) is 53.6 Å². The van der Waals surface area contributed by atoms with E-state index < -0.39 is 0 Å². The Morgan fingerprint density at radius 3 is 2.68 bits per heavy atom. The van der Waals surface area contributed by atoms with Gasteiger partial charge in [-0.3, -0.25) is 4.84 Å². The van der Waals surface area contributed by atoms with E-state index in [0.29, 0.717) is 13.2 Å². The number of urea groups is 1. The van der Waals surface area contributed by atoms with Crippen LogP contribution in [0.2, 0.25) is 0 Å². The quantitative estimate of drug-likeness (QED) is 0.604. The van der Waals surface area contributed by atoms with Crippen molar-refractivity contribution in [1.82, 2.24) is 15.7 Å². The highest BCUT2D eigenvalue weighted by Crippen LogP contribution is 2.05. The van der Waals surface area contributed by atoms with Crippen LogP contribution in [0.4, 0.5) is 4.79 Å². The predicted molar refractivity (Wildman–Crippen MR) is 73.4 cm³/mol. The number of hydrogen-bond donors (Lipinski definition) is 2. The van der Waals surface area contributed by atoms with Crippen LogP contribution in [0, 0.1) is 0 Å². The molecule has 1 fully saturated rings. The van der Waals surface area contributed by atoms with Crippen molar-refractivity contribution < 1.29 is 9.63 Å². The minimum absolute atomic E-state index is 0.301.